The second-order valence-corrected chi connectivity index (χ2v) is 10.1. The summed E-state index contributed by atoms with van der Waals surface area (Å²) in [6, 6.07) is 14.3. The lowest BCUT2D eigenvalue weighted by Crippen LogP contribution is -2.18. The number of nitrogens with zero attached hydrogens (tertiary/aromatic N) is 5. The van der Waals surface area contributed by atoms with Crippen LogP contribution in [0.15, 0.2) is 59.1 Å². The van der Waals surface area contributed by atoms with Gasteiger partial charge in [-0.2, -0.15) is 0 Å². The standard InChI is InChI=1S/C28H25N7O4/c1-27(2)23-17(25(37)39-27)9-10-21(33-23)32-22-13-19(31-20(15-36)16-7-5-4-6-8-16)18(14-30-22)24-34-35-26(38-24)28(29-3)11-12-28/h4-10,13-14,20,36H,11-12,15H2,1-2H3,(H2,30,31,32,33)/t20-/m1/s1. The van der Waals surface area contributed by atoms with Crippen LogP contribution in [0, 0.1) is 6.57 Å². The van der Waals surface area contributed by atoms with Crippen molar-refractivity contribution in [2.75, 3.05) is 17.2 Å². The minimum Gasteiger partial charge on any atom is -0.449 e. The maximum Gasteiger partial charge on any atom is 0.341 e. The second-order valence-electron chi connectivity index (χ2n) is 10.1. The number of aliphatic hydroxyl groups is 1. The molecule has 0 radical (unpaired) electrons. The lowest BCUT2D eigenvalue weighted by atomic mass is 10.0. The number of fused-ring (bicyclic) bond motifs is 1. The highest BCUT2D eigenvalue weighted by molar-refractivity contribution is 5.94. The monoisotopic (exact) mass is 523 g/mol. The summed E-state index contributed by atoms with van der Waals surface area (Å²) in [5.74, 6) is 1.06. The molecule has 0 spiro atoms. The molecule has 4 aromatic rings. The van der Waals surface area contributed by atoms with Crippen molar-refractivity contribution in [2.24, 2.45) is 0 Å². The maximum atomic E-state index is 12.1. The number of carbonyl (C=O) groups is 1. The van der Waals surface area contributed by atoms with Gasteiger partial charge in [-0.15, -0.1) is 10.2 Å². The fraction of sp³-hybridized carbons (Fsp3) is 0.286. The lowest BCUT2D eigenvalue weighted by Gasteiger charge is -2.20. The molecule has 1 aliphatic heterocycles. The third kappa shape index (κ3) is 4.45. The first-order valence-corrected chi connectivity index (χ1v) is 12.5. The van der Waals surface area contributed by atoms with Crippen LogP contribution >= 0.6 is 0 Å². The SMILES string of the molecule is [C-]#[N+]C1(c2nnc(-c3cnc(Nc4ccc5c(n4)C(C)(C)OC5=O)cc3N[C@H](CO)c3ccccc3)o2)CC1. The highest BCUT2D eigenvalue weighted by Crippen LogP contribution is 2.49. The third-order valence-electron chi connectivity index (χ3n) is 6.90. The molecule has 39 heavy (non-hydrogen) atoms. The van der Waals surface area contributed by atoms with Crippen molar-refractivity contribution < 1.29 is 19.1 Å². The molecule has 0 bridgehead atoms. The van der Waals surface area contributed by atoms with Crippen LogP contribution in [0.3, 0.4) is 0 Å². The lowest BCUT2D eigenvalue weighted by molar-refractivity contribution is 0.00834. The van der Waals surface area contributed by atoms with E-state index in [2.05, 4.69) is 35.6 Å². The number of carbonyl (C=O) groups excluding carboxylic acids is 1. The molecule has 6 rings (SSSR count). The Bertz CT molecular complexity index is 1610. The van der Waals surface area contributed by atoms with E-state index in [0.717, 1.165) is 5.56 Å². The zero-order valence-electron chi connectivity index (χ0n) is 21.3. The van der Waals surface area contributed by atoms with Crippen molar-refractivity contribution in [1.82, 2.24) is 20.2 Å². The Hall–Kier alpha value is -4.82. The average Bonchev–Trinajstić information content (AvgIpc) is 3.52. The Balaban J connectivity index is 1.36. The van der Waals surface area contributed by atoms with Gasteiger partial charge in [0.2, 0.25) is 0 Å². The van der Waals surface area contributed by atoms with E-state index in [-0.39, 0.29) is 12.5 Å². The number of anilines is 3. The van der Waals surface area contributed by atoms with E-state index < -0.39 is 23.2 Å². The van der Waals surface area contributed by atoms with E-state index in [4.69, 9.17) is 15.7 Å². The number of benzene rings is 1. The van der Waals surface area contributed by atoms with Gasteiger partial charge >= 0.3 is 17.4 Å². The van der Waals surface area contributed by atoms with Crippen LogP contribution in [-0.2, 0) is 15.9 Å². The molecule has 1 atom stereocenters. The van der Waals surface area contributed by atoms with Crippen molar-refractivity contribution in [2.45, 2.75) is 43.9 Å². The van der Waals surface area contributed by atoms with Crippen molar-refractivity contribution in [1.29, 1.82) is 0 Å². The summed E-state index contributed by atoms with van der Waals surface area (Å²) in [5, 5.41) is 25.1. The molecule has 1 saturated carbocycles. The molecule has 0 unspecified atom stereocenters. The van der Waals surface area contributed by atoms with Gasteiger partial charge in [0.25, 0.3) is 5.89 Å². The maximum absolute atomic E-state index is 12.1. The first-order valence-electron chi connectivity index (χ1n) is 12.5. The zero-order chi connectivity index (χ0) is 27.2. The summed E-state index contributed by atoms with van der Waals surface area (Å²) in [6.45, 7) is 10.9. The molecule has 4 heterocycles. The van der Waals surface area contributed by atoms with Crippen LogP contribution in [0.1, 0.15) is 60.2 Å². The summed E-state index contributed by atoms with van der Waals surface area (Å²) in [4.78, 5) is 25.0. The number of ether oxygens (including phenoxy) is 1. The van der Waals surface area contributed by atoms with Crippen LogP contribution < -0.4 is 10.6 Å². The van der Waals surface area contributed by atoms with Gasteiger partial charge in [0.15, 0.2) is 0 Å². The van der Waals surface area contributed by atoms with Crippen LogP contribution in [-0.4, -0.2) is 37.8 Å². The predicted octanol–water partition coefficient (Wildman–Crippen LogP) is 4.73. The molecule has 0 amide bonds. The Kier molecular flexibility index (Phi) is 5.77. The van der Waals surface area contributed by atoms with Crippen molar-refractivity contribution in [3.63, 3.8) is 0 Å². The Labute approximate surface area is 224 Å². The molecule has 1 aromatic carbocycles. The Morgan fingerprint density at radius 1 is 1.10 bits per heavy atom. The number of hydrogen-bond donors (Lipinski definition) is 3. The van der Waals surface area contributed by atoms with Crippen molar-refractivity contribution in [3.05, 3.63) is 88.9 Å². The largest absolute Gasteiger partial charge is 0.449 e. The van der Waals surface area contributed by atoms with Crippen LogP contribution in [0.5, 0.6) is 0 Å². The minimum atomic E-state index is -0.835. The minimum absolute atomic E-state index is 0.167. The third-order valence-corrected chi connectivity index (χ3v) is 6.90. The molecule has 3 N–H and O–H groups in total. The first-order chi connectivity index (χ1) is 18.8. The first kappa shape index (κ1) is 24.5. The Morgan fingerprint density at radius 3 is 2.62 bits per heavy atom. The van der Waals surface area contributed by atoms with Gasteiger partial charge in [-0.25, -0.2) is 21.3 Å². The second kappa shape index (κ2) is 9.18. The quantitative estimate of drug-likeness (QED) is 0.219. The van der Waals surface area contributed by atoms with Crippen LogP contribution in [0.25, 0.3) is 16.3 Å². The average molecular weight is 524 g/mol. The van der Waals surface area contributed by atoms with E-state index in [9.17, 15) is 9.90 Å². The van der Waals surface area contributed by atoms with Gasteiger partial charge in [0, 0.05) is 25.1 Å². The van der Waals surface area contributed by atoms with E-state index in [1.807, 2.05) is 30.3 Å². The van der Waals surface area contributed by atoms with Gasteiger partial charge in [-0.1, -0.05) is 30.3 Å². The highest BCUT2D eigenvalue weighted by Gasteiger charge is 2.58. The highest BCUT2D eigenvalue weighted by atomic mass is 16.6. The summed E-state index contributed by atoms with van der Waals surface area (Å²) in [6.07, 6.45) is 2.96. The number of cyclic esters (lactones) is 1. The molecule has 196 valence electrons. The molecule has 2 aliphatic rings. The van der Waals surface area contributed by atoms with Crippen molar-refractivity contribution in [3.8, 4) is 11.5 Å². The summed E-state index contributed by atoms with van der Waals surface area (Å²) < 4.78 is 11.4. The molecular weight excluding hydrogens is 498 g/mol. The molecule has 1 fully saturated rings. The zero-order valence-corrected chi connectivity index (χ0v) is 21.3. The number of hydrogen-bond acceptors (Lipinski definition) is 10. The number of rotatable bonds is 8. The van der Waals surface area contributed by atoms with Crippen molar-refractivity contribution >= 4 is 23.3 Å². The van der Waals surface area contributed by atoms with E-state index in [0.29, 0.717) is 52.9 Å². The summed E-state index contributed by atoms with van der Waals surface area (Å²) >= 11 is 0. The smallest absolute Gasteiger partial charge is 0.341 e. The van der Waals surface area contributed by atoms with Gasteiger partial charge < -0.3 is 24.9 Å². The Morgan fingerprint density at radius 2 is 1.90 bits per heavy atom. The van der Waals surface area contributed by atoms with Crippen LogP contribution in [0.4, 0.5) is 17.3 Å². The van der Waals surface area contributed by atoms with Gasteiger partial charge in [0.05, 0.1) is 29.5 Å². The van der Waals surface area contributed by atoms with E-state index in [1.54, 1.807) is 38.2 Å². The molecule has 11 nitrogen and oxygen atoms in total. The summed E-state index contributed by atoms with van der Waals surface area (Å²) in [5.41, 5.74) is 1.41. The number of aromatic nitrogens is 4. The van der Waals surface area contributed by atoms with Gasteiger partial charge in [-0.05, 0) is 31.5 Å². The fourth-order valence-electron chi connectivity index (χ4n) is 4.55. The topological polar surface area (TPSA) is 140 Å². The van der Waals surface area contributed by atoms with Gasteiger partial charge in [-0.3, -0.25) is 4.85 Å². The molecule has 0 saturated heterocycles. The van der Waals surface area contributed by atoms with E-state index >= 15 is 0 Å². The fourth-order valence-corrected chi connectivity index (χ4v) is 4.55. The summed E-state index contributed by atoms with van der Waals surface area (Å²) in [7, 11) is 0. The van der Waals surface area contributed by atoms with Crippen LogP contribution in [0.2, 0.25) is 0 Å². The van der Waals surface area contributed by atoms with E-state index in [1.165, 1.54) is 0 Å². The molecule has 1 aliphatic carbocycles. The number of aliphatic hydroxyl groups excluding tert-OH is 1. The number of pyridine rings is 2. The number of nitrogens with one attached hydrogen (secondary N) is 2. The molecule has 3 aromatic heterocycles. The molecular formula is C28H25N7O4. The van der Waals surface area contributed by atoms with Gasteiger partial charge in [0.1, 0.15) is 22.9 Å². The normalized spacial score (nSPS) is 17.0. The predicted molar refractivity (Wildman–Crippen MR) is 141 cm³/mol. The number of esters is 1. The molecule has 11 heteroatoms.